The molecular weight excluding hydrogens is 474 g/mol. The summed E-state index contributed by atoms with van der Waals surface area (Å²) in [5.41, 5.74) is -0.336. The van der Waals surface area contributed by atoms with Crippen LogP contribution >= 0.6 is 11.6 Å². The van der Waals surface area contributed by atoms with E-state index >= 15 is 0 Å². The first-order valence-corrected chi connectivity index (χ1v) is 11.2. The molecule has 1 amide bonds. The highest BCUT2D eigenvalue weighted by atomic mass is 35.5. The van der Waals surface area contributed by atoms with Gasteiger partial charge in [0.05, 0.1) is 26.2 Å². The van der Waals surface area contributed by atoms with E-state index in [-0.39, 0.29) is 9.92 Å². The van der Waals surface area contributed by atoms with E-state index in [4.69, 9.17) is 25.8 Å². The molecule has 174 valence electrons. The molecule has 33 heavy (non-hydrogen) atoms. The normalized spacial score (nSPS) is 11.0. The summed E-state index contributed by atoms with van der Waals surface area (Å²) in [7, 11) is 0.282. The Morgan fingerprint density at radius 1 is 1.00 bits per heavy atom. The molecule has 0 spiro atoms. The third-order valence-corrected chi connectivity index (χ3v) is 6.40. The molecule has 0 aliphatic rings. The van der Waals surface area contributed by atoms with Crippen LogP contribution in [0.2, 0.25) is 5.02 Å². The van der Waals surface area contributed by atoms with Gasteiger partial charge in [-0.05, 0) is 30.3 Å². The van der Waals surface area contributed by atoms with Gasteiger partial charge in [0.25, 0.3) is 5.56 Å². The van der Waals surface area contributed by atoms with Crippen molar-refractivity contribution < 1.29 is 27.4 Å². The summed E-state index contributed by atoms with van der Waals surface area (Å²) in [5.74, 6) is 0.355. The van der Waals surface area contributed by atoms with E-state index in [9.17, 15) is 18.0 Å². The minimum atomic E-state index is -4.02. The maximum absolute atomic E-state index is 12.8. The predicted molar refractivity (Wildman–Crippen MR) is 120 cm³/mol. The number of sulfone groups is 1. The maximum atomic E-state index is 12.8. The fraction of sp³-hybridized carbons (Fsp3) is 0.190. The summed E-state index contributed by atoms with van der Waals surface area (Å²) < 4.78 is 42.1. The average Bonchev–Trinajstić information content (AvgIpc) is 2.79. The van der Waals surface area contributed by atoms with Gasteiger partial charge >= 0.3 is 0 Å². The van der Waals surface area contributed by atoms with Crippen LogP contribution in [-0.4, -0.2) is 45.4 Å². The van der Waals surface area contributed by atoms with Crippen LogP contribution in [0.5, 0.6) is 17.2 Å². The Morgan fingerprint density at radius 3 is 2.15 bits per heavy atom. The molecule has 0 unspecified atom stereocenters. The standard InChI is InChI=1S/C21H20ClN3O7S/c1-30-16-10-14(11-17(31-2)21(16)32-3)23-18(26)12-25-20(27)9-8-19(24-25)33(28,29)15-6-4-13(22)5-7-15/h4-11H,12H2,1-3H3,(H,23,26). The predicted octanol–water partition coefficient (Wildman–Crippen LogP) is 2.39. The van der Waals surface area contributed by atoms with Gasteiger partial charge < -0.3 is 19.5 Å². The molecule has 0 aliphatic heterocycles. The van der Waals surface area contributed by atoms with Gasteiger partial charge in [-0.25, -0.2) is 13.1 Å². The van der Waals surface area contributed by atoms with Crippen molar-refractivity contribution in [3.05, 3.63) is 63.9 Å². The number of hydrogen-bond acceptors (Lipinski definition) is 8. The molecule has 12 heteroatoms. The van der Waals surface area contributed by atoms with Gasteiger partial charge in [0.2, 0.25) is 21.5 Å². The van der Waals surface area contributed by atoms with Crippen LogP contribution in [0, 0.1) is 0 Å². The Hall–Kier alpha value is -3.57. The molecule has 3 rings (SSSR count). The van der Waals surface area contributed by atoms with Crippen LogP contribution in [0.1, 0.15) is 0 Å². The van der Waals surface area contributed by atoms with Crippen molar-refractivity contribution in [2.75, 3.05) is 26.6 Å². The number of halogens is 1. The lowest BCUT2D eigenvalue weighted by molar-refractivity contribution is -0.117. The third kappa shape index (κ3) is 5.26. The monoisotopic (exact) mass is 493 g/mol. The zero-order valence-corrected chi connectivity index (χ0v) is 19.4. The SMILES string of the molecule is COc1cc(NC(=O)Cn2nc(S(=O)(=O)c3ccc(Cl)cc3)ccc2=O)cc(OC)c1OC. The summed E-state index contributed by atoms with van der Waals surface area (Å²) in [6.07, 6.45) is 0. The third-order valence-electron chi connectivity index (χ3n) is 4.48. The lowest BCUT2D eigenvalue weighted by Gasteiger charge is -2.15. The summed E-state index contributed by atoms with van der Waals surface area (Å²) in [6.45, 7) is -0.528. The number of ether oxygens (including phenoxy) is 3. The average molecular weight is 494 g/mol. The quantitative estimate of drug-likeness (QED) is 0.507. The van der Waals surface area contributed by atoms with Gasteiger partial charge in [-0.2, -0.15) is 5.10 Å². The maximum Gasteiger partial charge on any atom is 0.267 e. The van der Waals surface area contributed by atoms with Crippen molar-refractivity contribution >= 4 is 33.0 Å². The number of nitrogens with zero attached hydrogens (tertiary/aromatic N) is 2. The first-order valence-electron chi connectivity index (χ1n) is 9.38. The van der Waals surface area contributed by atoms with Crippen molar-refractivity contribution in [2.45, 2.75) is 16.5 Å². The lowest BCUT2D eigenvalue weighted by Crippen LogP contribution is -2.30. The van der Waals surface area contributed by atoms with Crippen LogP contribution < -0.4 is 25.1 Å². The van der Waals surface area contributed by atoms with Crippen LogP contribution in [0.3, 0.4) is 0 Å². The number of benzene rings is 2. The Bertz CT molecular complexity index is 1310. The first kappa shape index (κ1) is 24.1. The number of amides is 1. The van der Waals surface area contributed by atoms with E-state index in [0.29, 0.717) is 28.0 Å². The van der Waals surface area contributed by atoms with Crippen LogP contribution in [0.4, 0.5) is 5.69 Å². The van der Waals surface area contributed by atoms with Crippen molar-refractivity contribution in [3.8, 4) is 17.2 Å². The molecule has 0 bridgehead atoms. The van der Waals surface area contributed by atoms with Crippen molar-refractivity contribution in [2.24, 2.45) is 0 Å². The highest BCUT2D eigenvalue weighted by Gasteiger charge is 2.21. The smallest absolute Gasteiger partial charge is 0.267 e. The highest BCUT2D eigenvalue weighted by molar-refractivity contribution is 7.91. The second-order valence-corrected chi connectivity index (χ2v) is 8.92. The number of carbonyl (C=O) groups excluding carboxylic acids is 1. The number of methoxy groups -OCH3 is 3. The Kier molecular flexibility index (Phi) is 7.24. The number of hydrogen-bond donors (Lipinski definition) is 1. The van der Waals surface area contributed by atoms with Gasteiger partial charge in [0, 0.05) is 28.9 Å². The van der Waals surface area contributed by atoms with Gasteiger partial charge in [0.1, 0.15) is 6.54 Å². The zero-order valence-electron chi connectivity index (χ0n) is 17.9. The largest absolute Gasteiger partial charge is 0.493 e. The number of nitrogens with one attached hydrogen (secondary N) is 1. The second kappa shape index (κ2) is 9.92. The molecular formula is C21H20ClN3O7S. The molecule has 2 aromatic carbocycles. The molecule has 1 heterocycles. The molecule has 10 nitrogen and oxygen atoms in total. The van der Waals surface area contributed by atoms with Crippen LogP contribution in [0.25, 0.3) is 0 Å². The van der Waals surface area contributed by atoms with E-state index in [1.54, 1.807) is 0 Å². The minimum Gasteiger partial charge on any atom is -0.493 e. The van der Waals surface area contributed by atoms with Gasteiger partial charge in [0.15, 0.2) is 16.5 Å². The second-order valence-electron chi connectivity index (χ2n) is 6.59. The molecule has 1 N–H and O–H groups in total. The molecule has 0 saturated carbocycles. The fourth-order valence-electron chi connectivity index (χ4n) is 2.91. The van der Waals surface area contributed by atoms with Gasteiger partial charge in [-0.3, -0.25) is 9.59 Å². The van der Waals surface area contributed by atoms with Crippen molar-refractivity contribution in [1.82, 2.24) is 9.78 Å². The molecule has 0 atom stereocenters. The van der Waals surface area contributed by atoms with E-state index in [0.717, 1.165) is 16.8 Å². The first-order chi connectivity index (χ1) is 15.7. The number of anilines is 1. The molecule has 3 aromatic rings. The molecule has 1 aromatic heterocycles. The highest BCUT2D eigenvalue weighted by Crippen LogP contribution is 2.39. The van der Waals surface area contributed by atoms with Crippen molar-refractivity contribution in [1.29, 1.82) is 0 Å². The van der Waals surface area contributed by atoms with E-state index in [1.807, 2.05) is 0 Å². The van der Waals surface area contributed by atoms with Gasteiger partial charge in [-0.15, -0.1) is 0 Å². The summed E-state index contributed by atoms with van der Waals surface area (Å²) in [4.78, 5) is 24.7. The van der Waals surface area contributed by atoms with Crippen molar-refractivity contribution in [3.63, 3.8) is 0 Å². The van der Waals surface area contributed by atoms with Crippen LogP contribution in [-0.2, 0) is 21.2 Å². The number of rotatable bonds is 8. The Morgan fingerprint density at radius 2 is 1.61 bits per heavy atom. The van der Waals surface area contributed by atoms with Gasteiger partial charge in [-0.1, -0.05) is 11.6 Å². The summed E-state index contributed by atoms with van der Waals surface area (Å²) in [6, 6.07) is 10.6. The van der Waals surface area contributed by atoms with E-state index in [2.05, 4.69) is 10.4 Å². The van der Waals surface area contributed by atoms with E-state index < -0.39 is 27.8 Å². The molecule has 0 fully saturated rings. The topological polar surface area (TPSA) is 126 Å². The molecule has 0 aliphatic carbocycles. The molecule has 0 radical (unpaired) electrons. The number of carbonyl (C=O) groups is 1. The fourth-order valence-corrected chi connectivity index (χ4v) is 4.23. The lowest BCUT2D eigenvalue weighted by atomic mass is 10.2. The Balaban J connectivity index is 1.86. The number of aromatic nitrogens is 2. The zero-order chi connectivity index (χ0) is 24.2. The Labute approximate surface area is 194 Å². The van der Waals surface area contributed by atoms with Crippen LogP contribution in [0.15, 0.2) is 63.2 Å². The van der Waals surface area contributed by atoms with E-state index in [1.165, 1.54) is 57.7 Å². The minimum absolute atomic E-state index is 0.0496. The summed E-state index contributed by atoms with van der Waals surface area (Å²) >= 11 is 5.81. The molecule has 0 saturated heterocycles. The summed E-state index contributed by atoms with van der Waals surface area (Å²) in [5, 5.41) is 6.45.